The van der Waals surface area contributed by atoms with Gasteiger partial charge in [0.05, 0.1) is 4.08 Å². The number of allylic oxidation sites excluding steroid dienone is 2. The van der Waals surface area contributed by atoms with Gasteiger partial charge in [-0.1, -0.05) is 25.5 Å². The average molecular weight is 240 g/mol. The number of thioether (sulfide) groups is 2. The molecule has 0 N–H and O–H groups in total. The van der Waals surface area contributed by atoms with Gasteiger partial charge in [0.25, 0.3) is 0 Å². The summed E-state index contributed by atoms with van der Waals surface area (Å²) < 4.78 is 0.584. The van der Waals surface area contributed by atoms with Gasteiger partial charge in [-0.15, -0.1) is 23.5 Å². The standard InChI is InChI=1S/C13H20S2/c1-10-6-11(2)8-13(14-4-5-15-13)9-12(11,3)7-10/h6H,4-5,7-9H2,1-3H3/t11-,12+/m1/s1. The molecule has 2 fully saturated rings. The van der Waals surface area contributed by atoms with E-state index in [-0.39, 0.29) is 0 Å². The molecule has 1 aliphatic heterocycles. The number of hydrogen-bond donors (Lipinski definition) is 0. The SMILES string of the molecule is CC1=C[C@]2(C)CC3(C[C@]2(C)C1)SCCS3. The van der Waals surface area contributed by atoms with Crippen LogP contribution < -0.4 is 0 Å². The second-order valence-electron chi connectivity index (χ2n) is 6.11. The van der Waals surface area contributed by atoms with Gasteiger partial charge < -0.3 is 0 Å². The first-order valence-electron chi connectivity index (χ1n) is 5.93. The van der Waals surface area contributed by atoms with Gasteiger partial charge >= 0.3 is 0 Å². The highest BCUT2D eigenvalue weighted by molar-refractivity contribution is 8.21. The van der Waals surface area contributed by atoms with Crippen molar-refractivity contribution in [1.29, 1.82) is 0 Å². The number of fused-ring (bicyclic) bond motifs is 1. The molecular formula is C13H20S2. The van der Waals surface area contributed by atoms with E-state index in [1.807, 2.05) is 0 Å². The lowest BCUT2D eigenvalue weighted by molar-refractivity contribution is 0.188. The summed E-state index contributed by atoms with van der Waals surface area (Å²) in [6.07, 6.45) is 6.76. The third kappa shape index (κ3) is 1.37. The zero-order chi connectivity index (χ0) is 10.7. The molecule has 1 saturated carbocycles. The molecule has 1 spiro atoms. The van der Waals surface area contributed by atoms with Crippen LogP contribution in [0.4, 0.5) is 0 Å². The molecule has 0 amide bonds. The first kappa shape index (κ1) is 10.6. The van der Waals surface area contributed by atoms with Crippen LogP contribution in [0.15, 0.2) is 11.6 Å². The third-order valence-corrected chi connectivity index (χ3v) is 8.13. The van der Waals surface area contributed by atoms with Gasteiger partial charge in [-0.05, 0) is 37.0 Å². The van der Waals surface area contributed by atoms with Gasteiger partial charge in [-0.3, -0.25) is 0 Å². The van der Waals surface area contributed by atoms with Gasteiger partial charge in [0.2, 0.25) is 0 Å². The molecule has 2 aliphatic carbocycles. The molecule has 0 aromatic heterocycles. The van der Waals surface area contributed by atoms with Crippen molar-refractivity contribution in [3.05, 3.63) is 11.6 Å². The maximum absolute atomic E-state index is 2.58. The van der Waals surface area contributed by atoms with Crippen LogP contribution in [0.5, 0.6) is 0 Å². The Hall–Kier alpha value is 0.440. The Morgan fingerprint density at radius 1 is 1.13 bits per heavy atom. The predicted molar refractivity (Wildman–Crippen MR) is 71.5 cm³/mol. The zero-order valence-electron chi connectivity index (χ0n) is 9.93. The Kier molecular flexibility index (Phi) is 2.12. The molecule has 2 heteroatoms. The highest BCUT2D eigenvalue weighted by Gasteiger charge is 2.61. The van der Waals surface area contributed by atoms with Crippen molar-refractivity contribution in [2.45, 2.75) is 44.1 Å². The molecule has 3 aliphatic rings. The van der Waals surface area contributed by atoms with Gasteiger partial charge in [0.15, 0.2) is 0 Å². The lowest BCUT2D eigenvalue weighted by Crippen LogP contribution is -2.25. The Balaban J connectivity index is 1.96. The lowest BCUT2D eigenvalue weighted by Gasteiger charge is -2.33. The molecule has 3 rings (SSSR count). The molecule has 0 radical (unpaired) electrons. The Labute approximate surface area is 102 Å². The van der Waals surface area contributed by atoms with Gasteiger partial charge in [-0.25, -0.2) is 0 Å². The van der Waals surface area contributed by atoms with Gasteiger partial charge in [0.1, 0.15) is 0 Å². The highest BCUT2D eigenvalue weighted by atomic mass is 32.2. The summed E-state index contributed by atoms with van der Waals surface area (Å²) in [5.41, 5.74) is 2.67. The zero-order valence-corrected chi connectivity index (χ0v) is 11.6. The molecule has 0 aromatic rings. The fourth-order valence-electron chi connectivity index (χ4n) is 4.03. The summed E-state index contributed by atoms with van der Waals surface area (Å²) in [4.78, 5) is 0. The topological polar surface area (TPSA) is 0 Å². The summed E-state index contributed by atoms with van der Waals surface area (Å²) in [7, 11) is 0. The minimum absolute atomic E-state index is 0.488. The summed E-state index contributed by atoms with van der Waals surface area (Å²) in [6, 6.07) is 0. The smallest absolute Gasteiger partial charge is 0.0625 e. The summed E-state index contributed by atoms with van der Waals surface area (Å²) >= 11 is 4.48. The quantitative estimate of drug-likeness (QED) is 0.578. The van der Waals surface area contributed by atoms with E-state index in [1.165, 1.54) is 30.8 Å². The maximum Gasteiger partial charge on any atom is 0.0625 e. The average Bonchev–Trinajstić information content (AvgIpc) is 2.62. The minimum Gasteiger partial charge on any atom is -0.143 e. The first-order valence-corrected chi connectivity index (χ1v) is 7.91. The third-order valence-electron chi connectivity index (χ3n) is 4.72. The van der Waals surface area contributed by atoms with Crippen molar-refractivity contribution in [2.24, 2.45) is 10.8 Å². The van der Waals surface area contributed by atoms with Crippen LogP contribution in [0.3, 0.4) is 0 Å². The predicted octanol–water partition coefficient (Wildman–Crippen LogP) is 4.32. The van der Waals surface area contributed by atoms with E-state index in [1.54, 1.807) is 5.57 Å². The maximum atomic E-state index is 2.58. The van der Waals surface area contributed by atoms with Crippen LogP contribution in [0.2, 0.25) is 0 Å². The minimum atomic E-state index is 0.488. The largest absolute Gasteiger partial charge is 0.143 e. The van der Waals surface area contributed by atoms with Crippen LogP contribution in [0.25, 0.3) is 0 Å². The Bertz CT molecular complexity index is 327. The highest BCUT2D eigenvalue weighted by Crippen LogP contribution is 2.71. The van der Waals surface area contributed by atoms with E-state index in [0.717, 1.165) is 0 Å². The second kappa shape index (κ2) is 3.01. The molecule has 2 atom stereocenters. The van der Waals surface area contributed by atoms with Crippen LogP contribution in [0, 0.1) is 10.8 Å². The first-order chi connectivity index (χ1) is 6.97. The fraction of sp³-hybridized carbons (Fsp3) is 0.846. The number of hydrogen-bond acceptors (Lipinski definition) is 2. The number of rotatable bonds is 0. The molecule has 0 bridgehead atoms. The van der Waals surface area contributed by atoms with E-state index < -0.39 is 0 Å². The van der Waals surface area contributed by atoms with E-state index in [9.17, 15) is 0 Å². The van der Waals surface area contributed by atoms with Gasteiger partial charge in [0, 0.05) is 11.5 Å². The van der Waals surface area contributed by atoms with Crippen molar-refractivity contribution < 1.29 is 0 Å². The van der Waals surface area contributed by atoms with Crippen molar-refractivity contribution in [2.75, 3.05) is 11.5 Å². The van der Waals surface area contributed by atoms with Crippen molar-refractivity contribution >= 4 is 23.5 Å². The summed E-state index contributed by atoms with van der Waals surface area (Å²) in [5, 5.41) is 0. The van der Waals surface area contributed by atoms with Crippen molar-refractivity contribution in [3.63, 3.8) is 0 Å². The monoisotopic (exact) mass is 240 g/mol. The van der Waals surface area contributed by atoms with Crippen LogP contribution in [-0.4, -0.2) is 15.6 Å². The molecule has 84 valence electrons. The molecule has 0 nitrogen and oxygen atoms in total. The Morgan fingerprint density at radius 2 is 1.80 bits per heavy atom. The summed E-state index contributed by atoms with van der Waals surface area (Å²) in [6.45, 7) is 7.34. The van der Waals surface area contributed by atoms with E-state index >= 15 is 0 Å². The van der Waals surface area contributed by atoms with E-state index in [4.69, 9.17) is 0 Å². The lowest BCUT2D eigenvalue weighted by atomic mass is 9.70. The molecule has 1 saturated heterocycles. The molecule has 1 heterocycles. The van der Waals surface area contributed by atoms with Crippen LogP contribution in [0.1, 0.15) is 40.0 Å². The molecule has 0 unspecified atom stereocenters. The van der Waals surface area contributed by atoms with Crippen LogP contribution >= 0.6 is 23.5 Å². The fourth-order valence-corrected chi connectivity index (χ4v) is 7.92. The normalized spacial score (nSPS) is 47.3. The second-order valence-corrected chi connectivity index (χ2v) is 9.32. The molecule has 0 aromatic carbocycles. The van der Waals surface area contributed by atoms with Crippen LogP contribution in [-0.2, 0) is 0 Å². The Morgan fingerprint density at radius 3 is 2.40 bits per heavy atom. The molecule has 15 heavy (non-hydrogen) atoms. The van der Waals surface area contributed by atoms with E-state index in [0.29, 0.717) is 14.9 Å². The van der Waals surface area contributed by atoms with E-state index in [2.05, 4.69) is 50.4 Å². The summed E-state index contributed by atoms with van der Waals surface area (Å²) in [5.74, 6) is 2.75. The molecular weight excluding hydrogens is 220 g/mol. The van der Waals surface area contributed by atoms with Crippen molar-refractivity contribution in [1.82, 2.24) is 0 Å². The van der Waals surface area contributed by atoms with Gasteiger partial charge in [-0.2, -0.15) is 0 Å². The van der Waals surface area contributed by atoms with Crippen molar-refractivity contribution in [3.8, 4) is 0 Å².